The van der Waals surface area contributed by atoms with Gasteiger partial charge in [0.2, 0.25) is 5.88 Å². The topological polar surface area (TPSA) is 54.5 Å². The Morgan fingerprint density at radius 2 is 1.84 bits per heavy atom. The molecule has 1 saturated heterocycles. The number of nitrogens with one attached hydrogen (secondary N) is 1. The van der Waals surface area contributed by atoms with E-state index in [-0.39, 0.29) is 12.5 Å². The van der Waals surface area contributed by atoms with Crippen molar-refractivity contribution in [1.82, 2.24) is 15.2 Å². The highest BCUT2D eigenvalue weighted by molar-refractivity contribution is 6.35. The number of nitrogens with zero attached hydrogens (tertiary/aromatic N) is 2. The number of ether oxygens (including phenoxy) is 1. The summed E-state index contributed by atoms with van der Waals surface area (Å²) in [6, 6.07) is 18.3. The molecule has 0 aliphatic carbocycles. The van der Waals surface area contributed by atoms with Gasteiger partial charge in [-0.05, 0) is 56.3 Å². The van der Waals surface area contributed by atoms with Crippen LogP contribution in [0.25, 0.3) is 11.3 Å². The zero-order valence-electron chi connectivity index (χ0n) is 17.7. The van der Waals surface area contributed by atoms with Crippen LogP contribution in [0.3, 0.4) is 0 Å². The van der Waals surface area contributed by atoms with Crippen molar-refractivity contribution >= 4 is 29.1 Å². The minimum Gasteiger partial charge on any atom is -0.473 e. The predicted molar refractivity (Wildman–Crippen MR) is 128 cm³/mol. The molecule has 0 saturated carbocycles. The van der Waals surface area contributed by atoms with E-state index in [2.05, 4.69) is 15.2 Å². The van der Waals surface area contributed by atoms with E-state index in [0.29, 0.717) is 28.0 Å². The minimum absolute atomic E-state index is 0.0733. The van der Waals surface area contributed by atoms with Crippen LogP contribution in [0, 0.1) is 0 Å². The van der Waals surface area contributed by atoms with Crippen molar-refractivity contribution in [2.24, 2.45) is 0 Å². The van der Waals surface area contributed by atoms with Gasteiger partial charge in [-0.3, -0.25) is 4.79 Å². The molecule has 32 heavy (non-hydrogen) atoms. The number of carbonyl (C=O) groups is 1. The average Bonchev–Trinajstić information content (AvgIpc) is 3.32. The second kappa shape index (κ2) is 10.8. The fourth-order valence-electron chi connectivity index (χ4n) is 3.70. The number of hydrogen-bond donors (Lipinski definition) is 1. The minimum atomic E-state index is -0.0733. The van der Waals surface area contributed by atoms with E-state index in [1.165, 1.54) is 12.8 Å². The van der Waals surface area contributed by atoms with Crippen LogP contribution in [-0.2, 0) is 6.61 Å². The van der Waals surface area contributed by atoms with E-state index < -0.39 is 0 Å². The fourth-order valence-corrected chi connectivity index (χ4v) is 4.17. The Bertz CT molecular complexity index is 1080. The maximum absolute atomic E-state index is 12.6. The molecule has 5 nitrogen and oxygen atoms in total. The van der Waals surface area contributed by atoms with Gasteiger partial charge in [0.25, 0.3) is 5.91 Å². The lowest BCUT2D eigenvalue weighted by atomic mass is 10.1. The molecule has 1 aromatic heterocycles. The Balaban J connectivity index is 1.39. The van der Waals surface area contributed by atoms with Gasteiger partial charge in [0.1, 0.15) is 6.61 Å². The summed E-state index contributed by atoms with van der Waals surface area (Å²) in [7, 11) is 0. The second-order valence-electron chi connectivity index (χ2n) is 7.77. The molecule has 166 valence electrons. The van der Waals surface area contributed by atoms with Gasteiger partial charge in [-0.15, -0.1) is 0 Å². The normalized spacial score (nSPS) is 13.8. The third kappa shape index (κ3) is 6.00. The monoisotopic (exact) mass is 469 g/mol. The Kier molecular flexibility index (Phi) is 7.63. The highest BCUT2D eigenvalue weighted by atomic mass is 35.5. The molecule has 2 heterocycles. The smallest absolute Gasteiger partial charge is 0.251 e. The number of likely N-dealkylation sites (tertiary alicyclic amines) is 1. The fraction of sp³-hybridized carbons (Fsp3) is 0.280. The zero-order chi connectivity index (χ0) is 22.3. The number of carbonyl (C=O) groups excluding carboxylic acids is 1. The Labute approximate surface area is 198 Å². The van der Waals surface area contributed by atoms with Crippen LogP contribution < -0.4 is 10.1 Å². The van der Waals surface area contributed by atoms with Crippen LogP contribution in [0.2, 0.25) is 10.0 Å². The van der Waals surface area contributed by atoms with Gasteiger partial charge in [-0.25, -0.2) is 4.98 Å². The van der Waals surface area contributed by atoms with Crippen LogP contribution in [0.1, 0.15) is 28.8 Å². The maximum Gasteiger partial charge on any atom is 0.251 e. The molecule has 1 aliphatic heterocycles. The number of rotatable bonds is 8. The molecule has 1 N–H and O–H groups in total. The molecule has 1 fully saturated rings. The van der Waals surface area contributed by atoms with Crippen LogP contribution >= 0.6 is 23.2 Å². The molecule has 1 amide bonds. The number of pyridine rings is 1. The molecular weight excluding hydrogens is 445 g/mol. The third-order valence-corrected chi connectivity index (χ3v) is 6.03. The number of amides is 1. The van der Waals surface area contributed by atoms with E-state index in [1.54, 1.807) is 18.2 Å². The van der Waals surface area contributed by atoms with Crippen molar-refractivity contribution in [3.63, 3.8) is 0 Å². The SMILES string of the molecule is O=C(NCCN1CCCC1)c1cccc(-c2cccc(OCc3ccc(Cl)cc3Cl)n2)c1. The van der Waals surface area contributed by atoms with Gasteiger partial charge in [0, 0.05) is 45.9 Å². The molecule has 2 aromatic carbocycles. The molecule has 0 spiro atoms. The molecule has 0 unspecified atom stereocenters. The highest BCUT2D eigenvalue weighted by Crippen LogP contribution is 2.24. The van der Waals surface area contributed by atoms with Crippen molar-refractivity contribution in [2.45, 2.75) is 19.4 Å². The first-order chi connectivity index (χ1) is 15.6. The Morgan fingerprint density at radius 1 is 1.03 bits per heavy atom. The van der Waals surface area contributed by atoms with Crippen LogP contribution in [0.5, 0.6) is 5.88 Å². The standard InChI is InChI=1S/C25H25Cl2N3O2/c26-21-10-9-20(22(27)16-21)17-32-24-8-4-7-23(29-24)18-5-3-6-19(15-18)25(31)28-11-14-30-12-1-2-13-30/h3-10,15-16H,1-2,11-14,17H2,(H,28,31). The van der Waals surface area contributed by atoms with E-state index >= 15 is 0 Å². The van der Waals surface area contributed by atoms with E-state index in [0.717, 1.165) is 36.5 Å². The highest BCUT2D eigenvalue weighted by Gasteiger charge is 2.12. The largest absolute Gasteiger partial charge is 0.473 e. The van der Waals surface area contributed by atoms with Gasteiger partial charge in [-0.2, -0.15) is 0 Å². The van der Waals surface area contributed by atoms with Crippen molar-refractivity contribution in [3.8, 4) is 17.1 Å². The first kappa shape index (κ1) is 22.6. The summed E-state index contributed by atoms with van der Waals surface area (Å²) < 4.78 is 5.83. The van der Waals surface area contributed by atoms with Gasteiger partial charge in [0.05, 0.1) is 5.69 Å². The number of aromatic nitrogens is 1. The molecule has 7 heteroatoms. The second-order valence-corrected chi connectivity index (χ2v) is 8.61. The first-order valence-electron chi connectivity index (χ1n) is 10.7. The Hall–Kier alpha value is -2.60. The lowest BCUT2D eigenvalue weighted by Crippen LogP contribution is -2.33. The third-order valence-electron chi connectivity index (χ3n) is 5.45. The zero-order valence-corrected chi connectivity index (χ0v) is 19.2. The summed E-state index contributed by atoms with van der Waals surface area (Å²) in [4.78, 5) is 19.6. The van der Waals surface area contributed by atoms with Crippen LogP contribution in [-0.4, -0.2) is 42.0 Å². The molecule has 3 aromatic rings. The van der Waals surface area contributed by atoms with Gasteiger partial charge < -0.3 is 15.0 Å². The predicted octanol–water partition coefficient (Wildman–Crippen LogP) is 5.46. The summed E-state index contributed by atoms with van der Waals surface area (Å²) in [6.07, 6.45) is 2.50. The molecule has 0 bridgehead atoms. The lowest BCUT2D eigenvalue weighted by molar-refractivity contribution is 0.0950. The number of benzene rings is 2. The van der Waals surface area contributed by atoms with Crippen molar-refractivity contribution in [2.75, 3.05) is 26.2 Å². The summed E-state index contributed by atoms with van der Waals surface area (Å²) >= 11 is 12.2. The van der Waals surface area contributed by atoms with Gasteiger partial charge in [0.15, 0.2) is 0 Å². The quantitative estimate of drug-likeness (QED) is 0.475. The van der Waals surface area contributed by atoms with Gasteiger partial charge >= 0.3 is 0 Å². The average molecular weight is 470 g/mol. The lowest BCUT2D eigenvalue weighted by Gasteiger charge is -2.14. The number of hydrogen-bond acceptors (Lipinski definition) is 4. The molecule has 1 aliphatic rings. The van der Waals surface area contributed by atoms with Crippen LogP contribution in [0.4, 0.5) is 0 Å². The Morgan fingerprint density at radius 3 is 2.66 bits per heavy atom. The van der Waals surface area contributed by atoms with E-state index in [4.69, 9.17) is 27.9 Å². The maximum atomic E-state index is 12.6. The number of halogens is 2. The molecule has 4 rings (SSSR count). The summed E-state index contributed by atoms with van der Waals surface area (Å²) in [5.74, 6) is 0.407. The summed E-state index contributed by atoms with van der Waals surface area (Å²) in [5, 5.41) is 4.15. The molecule has 0 atom stereocenters. The van der Waals surface area contributed by atoms with Crippen molar-refractivity contribution in [3.05, 3.63) is 81.8 Å². The molecular formula is C25H25Cl2N3O2. The van der Waals surface area contributed by atoms with Gasteiger partial charge in [-0.1, -0.05) is 47.5 Å². The van der Waals surface area contributed by atoms with Crippen molar-refractivity contribution in [1.29, 1.82) is 0 Å². The van der Waals surface area contributed by atoms with E-state index in [9.17, 15) is 4.79 Å². The van der Waals surface area contributed by atoms with Crippen LogP contribution in [0.15, 0.2) is 60.7 Å². The molecule has 0 radical (unpaired) electrons. The van der Waals surface area contributed by atoms with Crippen molar-refractivity contribution < 1.29 is 9.53 Å². The van der Waals surface area contributed by atoms with E-state index in [1.807, 2.05) is 42.5 Å². The summed E-state index contributed by atoms with van der Waals surface area (Å²) in [5.41, 5.74) is 3.03. The first-order valence-corrected chi connectivity index (χ1v) is 11.5. The summed E-state index contributed by atoms with van der Waals surface area (Å²) in [6.45, 7) is 4.08.